The number of benzene rings is 1. The molecule has 1 aromatic carbocycles. The molecule has 3 aromatic rings. The molecule has 0 saturated carbocycles. The number of hydrogen-bond donors (Lipinski definition) is 1. The zero-order valence-electron chi connectivity index (χ0n) is 10.2. The van der Waals surface area contributed by atoms with Crippen LogP contribution < -0.4 is 0 Å². The van der Waals surface area contributed by atoms with E-state index in [4.69, 9.17) is 12.2 Å². The number of rotatable bonds is 2. The van der Waals surface area contributed by atoms with Crippen LogP contribution in [0, 0.1) is 18.6 Å². The van der Waals surface area contributed by atoms with Crippen LogP contribution in [-0.2, 0) is 6.54 Å². The van der Waals surface area contributed by atoms with Gasteiger partial charge in [0.25, 0.3) is 0 Å². The first-order valence-electron chi connectivity index (χ1n) is 5.74. The maximum absolute atomic E-state index is 5.40. The summed E-state index contributed by atoms with van der Waals surface area (Å²) < 4.78 is 2.88. The lowest BCUT2D eigenvalue weighted by molar-refractivity contribution is 0.801. The van der Waals surface area contributed by atoms with E-state index in [2.05, 4.69) is 40.5 Å². The lowest BCUT2D eigenvalue weighted by Crippen LogP contribution is -2.00. The molecule has 0 aliphatic heterocycles. The van der Waals surface area contributed by atoms with E-state index in [1.165, 1.54) is 16.0 Å². The number of thiazole rings is 1. The molecule has 0 aliphatic carbocycles. The molecule has 0 saturated heterocycles. The number of aromatic nitrogens is 3. The molecule has 2 heterocycles. The summed E-state index contributed by atoms with van der Waals surface area (Å²) in [6.45, 7) is 4.91. The van der Waals surface area contributed by atoms with Crippen LogP contribution in [0.5, 0.6) is 0 Å². The molecular weight excluding hydrogens is 262 g/mol. The van der Waals surface area contributed by atoms with Gasteiger partial charge in [0, 0.05) is 11.1 Å². The second-order valence-electron chi connectivity index (χ2n) is 4.35. The molecule has 18 heavy (non-hydrogen) atoms. The molecule has 2 aromatic heterocycles. The third kappa shape index (κ3) is 1.89. The molecule has 0 amide bonds. The Morgan fingerprint density at radius 3 is 2.94 bits per heavy atom. The quantitative estimate of drug-likeness (QED) is 0.721. The predicted octanol–water partition coefficient (Wildman–Crippen LogP) is 3.82. The number of imidazole rings is 1. The van der Waals surface area contributed by atoms with Gasteiger partial charge >= 0.3 is 0 Å². The van der Waals surface area contributed by atoms with Gasteiger partial charge in [-0.2, -0.15) is 0 Å². The number of fused-ring (bicyclic) bond motifs is 1. The first kappa shape index (κ1) is 11.6. The van der Waals surface area contributed by atoms with Crippen LogP contribution in [-0.4, -0.2) is 14.5 Å². The zero-order valence-corrected chi connectivity index (χ0v) is 11.9. The van der Waals surface area contributed by atoms with Crippen molar-refractivity contribution in [3.05, 3.63) is 44.6 Å². The summed E-state index contributed by atoms with van der Waals surface area (Å²) in [4.78, 5) is 8.89. The van der Waals surface area contributed by atoms with Gasteiger partial charge in [0.2, 0.25) is 0 Å². The van der Waals surface area contributed by atoms with Gasteiger partial charge in [-0.15, -0.1) is 11.3 Å². The van der Waals surface area contributed by atoms with E-state index in [0.717, 1.165) is 21.8 Å². The van der Waals surface area contributed by atoms with Crippen molar-refractivity contribution in [2.24, 2.45) is 0 Å². The first-order valence-corrected chi connectivity index (χ1v) is 6.97. The molecule has 3 nitrogen and oxygen atoms in total. The Kier molecular flexibility index (Phi) is 2.80. The van der Waals surface area contributed by atoms with Gasteiger partial charge < -0.3 is 9.55 Å². The number of aromatic amines is 1. The summed E-state index contributed by atoms with van der Waals surface area (Å²) in [6.07, 6.45) is 1.91. The van der Waals surface area contributed by atoms with Crippen LogP contribution in [0.1, 0.15) is 15.4 Å². The molecule has 0 aliphatic rings. The largest absolute Gasteiger partial charge is 0.331 e. The first-order chi connectivity index (χ1) is 8.65. The summed E-state index contributed by atoms with van der Waals surface area (Å²) >= 11 is 7.12. The number of para-hydroxylation sites is 1. The normalized spacial score (nSPS) is 11.2. The number of aryl methyl sites for hydroxylation is 2. The van der Waals surface area contributed by atoms with Crippen molar-refractivity contribution in [1.82, 2.24) is 14.5 Å². The van der Waals surface area contributed by atoms with Crippen molar-refractivity contribution < 1.29 is 0 Å². The van der Waals surface area contributed by atoms with E-state index in [1.807, 2.05) is 12.3 Å². The SMILES string of the molecule is Cc1cnc(Cn2c(=S)[nH]c3cccc(C)c32)s1. The van der Waals surface area contributed by atoms with Crippen LogP contribution >= 0.6 is 23.6 Å². The van der Waals surface area contributed by atoms with E-state index in [9.17, 15) is 0 Å². The van der Waals surface area contributed by atoms with Crippen molar-refractivity contribution in [3.63, 3.8) is 0 Å². The molecule has 0 atom stereocenters. The minimum Gasteiger partial charge on any atom is -0.331 e. The molecule has 0 radical (unpaired) electrons. The highest BCUT2D eigenvalue weighted by Crippen LogP contribution is 2.21. The maximum atomic E-state index is 5.40. The molecule has 0 unspecified atom stereocenters. The van der Waals surface area contributed by atoms with Crippen molar-refractivity contribution in [1.29, 1.82) is 0 Å². The van der Waals surface area contributed by atoms with E-state index >= 15 is 0 Å². The highest BCUT2D eigenvalue weighted by molar-refractivity contribution is 7.71. The van der Waals surface area contributed by atoms with Crippen molar-refractivity contribution in [2.75, 3.05) is 0 Å². The Morgan fingerprint density at radius 1 is 1.39 bits per heavy atom. The van der Waals surface area contributed by atoms with Crippen LogP contribution in [0.4, 0.5) is 0 Å². The molecule has 0 spiro atoms. The molecule has 3 rings (SSSR count). The molecule has 5 heteroatoms. The number of nitrogens with zero attached hydrogens (tertiary/aromatic N) is 2. The minimum atomic E-state index is 0.738. The fourth-order valence-electron chi connectivity index (χ4n) is 2.16. The van der Waals surface area contributed by atoms with Gasteiger partial charge in [0.1, 0.15) is 5.01 Å². The average molecular weight is 275 g/mol. The second-order valence-corrected chi connectivity index (χ2v) is 6.06. The Labute approximate surface area is 114 Å². The number of nitrogens with one attached hydrogen (secondary N) is 1. The van der Waals surface area contributed by atoms with Crippen LogP contribution in [0.25, 0.3) is 11.0 Å². The molecule has 0 bridgehead atoms. The maximum Gasteiger partial charge on any atom is 0.178 e. The van der Waals surface area contributed by atoms with E-state index in [-0.39, 0.29) is 0 Å². The van der Waals surface area contributed by atoms with Crippen molar-refractivity contribution >= 4 is 34.6 Å². The van der Waals surface area contributed by atoms with Gasteiger partial charge in [-0.3, -0.25) is 0 Å². The van der Waals surface area contributed by atoms with Crippen LogP contribution in [0.3, 0.4) is 0 Å². The third-order valence-electron chi connectivity index (χ3n) is 2.96. The molecule has 92 valence electrons. The average Bonchev–Trinajstić information content (AvgIpc) is 2.85. The summed E-state index contributed by atoms with van der Waals surface area (Å²) in [5.41, 5.74) is 3.50. The van der Waals surface area contributed by atoms with Gasteiger partial charge in [-0.05, 0) is 37.7 Å². The highest BCUT2D eigenvalue weighted by atomic mass is 32.1. The van der Waals surface area contributed by atoms with Crippen LogP contribution in [0.15, 0.2) is 24.4 Å². The topological polar surface area (TPSA) is 33.6 Å². The Bertz CT molecular complexity index is 764. The smallest absolute Gasteiger partial charge is 0.178 e. The Hall–Kier alpha value is -1.46. The molecule has 1 N–H and O–H groups in total. The summed E-state index contributed by atoms with van der Waals surface area (Å²) in [5, 5.41) is 1.09. The number of H-pyrrole nitrogens is 1. The fourth-order valence-corrected chi connectivity index (χ4v) is 3.20. The standard InChI is InChI=1S/C13H13N3S2/c1-8-4-3-5-10-12(8)16(13(17)15-10)7-11-14-6-9(2)18-11/h3-6H,7H2,1-2H3,(H,15,17). The Balaban J connectivity index is 2.16. The fraction of sp³-hybridized carbons (Fsp3) is 0.231. The summed E-state index contributed by atoms with van der Waals surface area (Å²) in [7, 11) is 0. The molecular formula is C13H13N3S2. The minimum absolute atomic E-state index is 0.738. The van der Waals surface area contributed by atoms with Crippen LogP contribution in [0.2, 0.25) is 0 Å². The monoisotopic (exact) mass is 275 g/mol. The van der Waals surface area contributed by atoms with E-state index in [0.29, 0.717) is 0 Å². The Morgan fingerprint density at radius 2 is 2.22 bits per heavy atom. The van der Waals surface area contributed by atoms with E-state index < -0.39 is 0 Å². The lowest BCUT2D eigenvalue weighted by Gasteiger charge is -2.04. The van der Waals surface area contributed by atoms with Gasteiger partial charge in [0.15, 0.2) is 4.77 Å². The molecule has 0 fully saturated rings. The third-order valence-corrected chi connectivity index (χ3v) is 4.18. The zero-order chi connectivity index (χ0) is 12.7. The summed E-state index contributed by atoms with van der Waals surface area (Å²) in [5.74, 6) is 0. The number of hydrogen-bond acceptors (Lipinski definition) is 3. The second kappa shape index (κ2) is 4.33. The predicted molar refractivity (Wildman–Crippen MR) is 77.8 cm³/mol. The van der Waals surface area contributed by atoms with E-state index in [1.54, 1.807) is 11.3 Å². The summed E-state index contributed by atoms with van der Waals surface area (Å²) in [6, 6.07) is 6.21. The highest BCUT2D eigenvalue weighted by Gasteiger charge is 2.08. The van der Waals surface area contributed by atoms with Crippen molar-refractivity contribution in [2.45, 2.75) is 20.4 Å². The van der Waals surface area contributed by atoms with Gasteiger partial charge in [-0.25, -0.2) is 4.98 Å². The van der Waals surface area contributed by atoms with Gasteiger partial charge in [0.05, 0.1) is 17.6 Å². The lowest BCUT2D eigenvalue weighted by atomic mass is 10.2. The van der Waals surface area contributed by atoms with Gasteiger partial charge in [-0.1, -0.05) is 12.1 Å². The van der Waals surface area contributed by atoms with Crippen molar-refractivity contribution in [3.8, 4) is 0 Å².